The third-order valence-electron chi connectivity index (χ3n) is 3.79. The van der Waals surface area contributed by atoms with Gasteiger partial charge in [-0.1, -0.05) is 12.1 Å². The highest BCUT2D eigenvalue weighted by Crippen LogP contribution is 2.35. The Kier molecular flexibility index (Phi) is 4.77. The lowest BCUT2D eigenvalue weighted by Gasteiger charge is -2.27. The second-order valence-electron chi connectivity index (χ2n) is 5.02. The Morgan fingerprint density at radius 1 is 1.30 bits per heavy atom. The summed E-state index contributed by atoms with van der Waals surface area (Å²) in [5.41, 5.74) is 0.949. The second kappa shape index (κ2) is 6.55. The number of Topliss-reactive ketones (excluding diaryl/α,β-unsaturated/α-hetero) is 1. The third kappa shape index (κ3) is 3.18. The minimum Gasteiger partial charge on any atom is -0.497 e. The van der Waals surface area contributed by atoms with Crippen molar-refractivity contribution in [3.8, 4) is 5.75 Å². The van der Waals surface area contributed by atoms with Crippen molar-refractivity contribution >= 4 is 11.8 Å². The Morgan fingerprint density at radius 3 is 2.60 bits per heavy atom. The Hall–Kier alpha value is -1.84. The molecular weight excluding hydrogens is 256 g/mol. The maximum absolute atomic E-state index is 12.1. The van der Waals surface area contributed by atoms with Crippen LogP contribution in [0.1, 0.15) is 37.7 Å². The van der Waals surface area contributed by atoms with Gasteiger partial charge in [0, 0.05) is 12.3 Å². The lowest BCUT2D eigenvalue weighted by Crippen LogP contribution is -2.29. The second-order valence-corrected chi connectivity index (χ2v) is 5.02. The average molecular weight is 276 g/mol. The first-order valence-electron chi connectivity index (χ1n) is 6.99. The molecule has 1 aliphatic carbocycles. The molecule has 1 saturated carbocycles. The molecule has 0 radical (unpaired) electrons. The van der Waals surface area contributed by atoms with Crippen molar-refractivity contribution in [1.29, 1.82) is 0 Å². The standard InChI is InChI=1S/C16H20O4/c1-3-20-16(18)12-6-9-15(17)14(10-12)11-4-7-13(19-2)8-5-11/h4-5,7-8,12,14H,3,6,9-10H2,1-2H3. The van der Waals surface area contributed by atoms with E-state index in [4.69, 9.17) is 9.47 Å². The summed E-state index contributed by atoms with van der Waals surface area (Å²) in [5.74, 6) is 0.414. The molecule has 2 unspecified atom stereocenters. The maximum Gasteiger partial charge on any atom is 0.308 e. The Morgan fingerprint density at radius 2 is 2.00 bits per heavy atom. The van der Waals surface area contributed by atoms with Gasteiger partial charge in [-0.15, -0.1) is 0 Å². The van der Waals surface area contributed by atoms with Gasteiger partial charge < -0.3 is 9.47 Å². The summed E-state index contributed by atoms with van der Waals surface area (Å²) in [6.07, 6.45) is 1.59. The molecule has 1 fully saturated rings. The zero-order chi connectivity index (χ0) is 14.5. The zero-order valence-electron chi connectivity index (χ0n) is 11.9. The number of benzene rings is 1. The number of ether oxygens (including phenoxy) is 2. The van der Waals surface area contributed by atoms with E-state index >= 15 is 0 Å². The van der Waals surface area contributed by atoms with Crippen molar-refractivity contribution in [3.05, 3.63) is 29.8 Å². The summed E-state index contributed by atoms with van der Waals surface area (Å²) in [6.45, 7) is 2.18. The van der Waals surface area contributed by atoms with Crippen LogP contribution in [0, 0.1) is 5.92 Å². The first-order chi connectivity index (χ1) is 9.65. The molecule has 1 aliphatic rings. The van der Waals surface area contributed by atoms with E-state index in [1.807, 2.05) is 24.3 Å². The van der Waals surface area contributed by atoms with Crippen LogP contribution in [-0.2, 0) is 14.3 Å². The molecule has 4 heteroatoms. The number of ketones is 1. The Balaban J connectivity index is 2.11. The van der Waals surface area contributed by atoms with Gasteiger partial charge in [-0.25, -0.2) is 0 Å². The van der Waals surface area contributed by atoms with E-state index < -0.39 is 0 Å². The molecule has 0 bridgehead atoms. The first-order valence-corrected chi connectivity index (χ1v) is 6.99. The molecule has 0 N–H and O–H groups in total. The number of esters is 1. The van der Waals surface area contributed by atoms with Gasteiger partial charge in [-0.2, -0.15) is 0 Å². The third-order valence-corrected chi connectivity index (χ3v) is 3.79. The number of hydrogen-bond acceptors (Lipinski definition) is 4. The molecule has 0 spiro atoms. The van der Waals surface area contributed by atoms with Gasteiger partial charge in [0.15, 0.2) is 0 Å². The molecule has 1 aromatic carbocycles. The zero-order valence-corrected chi connectivity index (χ0v) is 11.9. The molecule has 2 atom stereocenters. The van der Waals surface area contributed by atoms with Crippen molar-refractivity contribution in [2.75, 3.05) is 13.7 Å². The first kappa shape index (κ1) is 14.6. The molecule has 2 rings (SSSR count). The van der Waals surface area contributed by atoms with Crippen molar-refractivity contribution in [2.45, 2.75) is 32.1 Å². The summed E-state index contributed by atoms with van der Waals surface area (Å²) in [5, 5.41) is 0. The van der Waals surface area contributed by atoms with Crippen molar-refractivity contribution < 1.29 is 19.1 Å². The van der Waals surface area contributed by atoms with Crippen LogP contribution >= 0.6 is 0 Å². The monoisotopic (exact) mass is 276 g/mol. The highest BCUT2D eigenvalue weighted by Gasteiger charge is 2.34. The average Bonchev–Trinajstić information content (AvgIpc) is 2.48. The molecule has 4 nitrogen and oxygen atoms in total. The van der Waals surface area contributed by atoms with Crippen LogP contribution in [0.25, 0.3) is 0 Å². The molecule has 0 heterocycles. The highest BCUT2D eigenvalue weighted by atomic mass is 16.5. The predicted molar refractivity (Wildman–Crippen MR) is 74.7 cm³/mol. The van der Waals surface area contributed by atoms with Crippen LogP contribution in [0.4, 0.5) is 0 Å². The number of carbonyl (C=O) groups excluding carboxylic acids is 2. The van der Waals surface area contributed by atoms with E-state index in [2.05, 4.69) is 0 Å². The highest BCUT2D eigenvalue weighted by molar-refractivity contribution is 5.88. The number of hydrogen-bond donors (Lipinski definition) is 0. The fraction of sp³-hybridized carbons (Fsp3) is 0.500. The number of methoxy groups -OCH3 is 1. The van der Waals surface area contributed by atoms with E-state index in [1.165, 1.54) is 0 Å². The van der Waals surface area contributed by atoms with Crippen molar-refractivity contribution in [2.24, 2.45) is 5.92 Å². The molecule has 108 valence electrons. The summed E-state index contributed by atoms with van der Waals surface area (Å²) >= 11 is 0. The quantitative estimate of drug-likeness (QED) is 0.793. The molecule has 0 aliphatic heterocycles. The van der Waals surface area contributed by atoms with Gasteiger partial charge in [0.2, 0.25) is 0 Å². The minimum atomic E-state index is -0.205. The molecule has 1 aromatic rings. The van der Waals surface area contributed by atoms with Crippen LogP contribution in [-0.4, -0.2) is 25.5 Å². The van der Waals surface area contributed by atoms with Gasteiger partial charge in [0.05, 0.1) is 19.6 Å². The Bertz CT molecular complexity index is 478. The SMILES string of the molecule is CCOC(=O)C1CCC(=O)C(c2ccc(OC)cc2)C1. The van der Waals surface area contributed by atoms with E-state index in [0.717, 1.165) is 11.3 Å². The van der Waals surface area contributed by atoms with Gasteiger partial charge in [0.1, 0.15) is 11.5 Å². The van der Waals surface area contributed by atoms with Crippen LogP contribution in [0.15, 0.2) is 24.3 Å². The minimum absolute atomic E-state index is 0.167. The molecule has 0 saturated heterocycles. The number of carbonyl (C=O) groups is 2. The van der Waals surface area contributed by atoms with Crippen molar-refractivity contribution in [3.63, 3.8) is 0 Å². The molecule has 0 aromatic heterocycles. The van der Waals surface area contributed by atoms with E-state index in [9.17, 15) is 9.59 Å². The van der Waals surface area contributed by atoms with Gasteiger partial charge in [0.25, 0.3) is 0 Å². The number of rotatable bonds is 4. The normalized spacial score (nSPS) is 22.4. The van der Waals surface area contributed by atoms with Crippen LogP contribution < -0.4 is 4.74 Å². The fourth-order valence-electron chi connectivity index (χ4n) is 2.66. The fourth-order valence-corrected chi connectivity index (χ4v) is 2.66. The molecular formula is C16H20O4. The smallest absolute Gasteiger partial charge is 0.308 e. The topological polar surface area (TPSA) is 52.6 Å². The maximum atomic E-state index is 12.1. The van der Waals surface area contributed by atoms with Crippen LogP contribution in [0.5, 0.6) is 5.75 Å². The summed E-state index contributed by atoms with van der Waals surface area (Å²) in [4.78, 5) is 23.9. The predicted octanol–water partition coefficient (Wildman–Crippen LogP) is 2.71. The van der Waals surface area contributed by atoms with Crippen LogP contribution in [0.2, 0.25) is 0 Å². The van der Waals surface area contributed by atoms with Gasteiger partial charge in [-0.3, -0.25) is 9.59 Å². The van der Waals surface area contributed by atoms with E-state index in [1.54, 1.807) is 14.0 Å². The van der Waals surface area contributed by atoms with E-state index in [0.29, 0.717) is 25.9 Å². The summed E-state index contributed by atoms with van der Waals surface area (Å²) in [6, 6.07) is 7.48. The van der Waals surface area contributed by atoms with Crippen LogP contribution in [0.3, 0.4) is 0 Å². The van der Waals surface area contributed by atoms with Gasteiger partial charge >= 0.3 is 5.97 Å². The lowest BCUT2D eigenvalue weighted by molar-refractivity contribution is -0.149. The molecule has 20 heavy (non-hydrogen) atoms. The van der Waals surface area contributed by atoms with Crippen molar-refractivity contribution in [1.82, 2.24) is 0 Å². The Labute approximate surface area is 119 Å². The lowest BCUT2D eigenvalue weighted by atomic mass is 9.77. The van der Waals surface area contributed by atoms with Gasteiger partial charge in [-0.05, 0) is 37.5 Å². The summed E-state index contributed by atoms with van der Waals surface area (Å²) in [7, 11) is 1.61. The summed E-state index contributed by atoms with van der Waals surface area (Å²) < 4.78 is 10.2. The van der Waals surface area contributed by atoms with E-state index in [-0.39, 0.29) is 23.6 Å². The molecule has 0 amide bonds. The largest absolute Gasteiger partial charge is 0.497 e.